The summed E-state index contributed by atoms with van der Waals surface area (Å²) in [5, 5.41) is 14.8. The molecule has 3 N–H and O–H groups in total. The van der Waals surface area contributed by atoms with Crippen molar-refractivity contribution in [3.05, 3.63) is 59.7 Å². The lowest BCUT2D eigenvalue weighted by Crippen LogP contribution is -2.43. The lowest BCUT2D eigenvalue weighted by atomic mass is 9.82. The number of hydrogen-bond acceptors (Lipinski definition) is 4. The number of alkyl carbamates (subject to hydrolysis) is 1. The van der Waals surface area contributed by atoms with E-state index in [1.165, 1.54) is 11.1 Å². The third-order valence-electron chi connectivity index (χ3n) is 6.89. The van der Waals surface area contributed by atoms with Gasteiger partial charge in [-0.15, -0.1) is 0 Å². The molecule has 0 aliphatic heterocycles. The quantitative estimate of drug-likeness (QED) is 0.476. The number of benzene rings is 2. The van der Waals surface area contributed by atoms with E-state index in [2.05, 4.69) is 34.9 Å². The summed E-state index contributed by atoms with van der Waals surface area (Å²) in [5.74, 6) is -0.914. The van der Waals surface area contributed by atoms with Crippen LogP contribution < -0.4 is 10.6 Å². The van der Waals surface area contributed by atoms with Crippen LogP contribution in [0.2, 0.25) is 0 Å². The topological polar surface area (TPSA) is 105 Å². The second-order valence-corrected chi connectivity index (χ2v) is 9.17. The molecule has 7 heteroatoms. The first-order valence-corrected chi connectivity index (χ1v) is 12.1. The van der Waals surface area contributed by atoms with Gasteiger partial charge in [0.2, 0.25) is 5.91 Å². The molecular weight excluding hydrogens is 432 g/mol. The van der Waals surface area contributed by atoms with Gasteiger partial charge in [-0.05, 0) is 47.4 Å². The predicted octanol–water partition coefficient (Wildman–Crippen LogP) is 4.46. The fourth-order valence-electron chi connectivity index (χ4n) is 5.23. The number of amides is 2. The maximum absolute atomic E-state index is 12.3. The van der Waals surface area contributed by atoms with Crippen molar-refractivity contribution >= 4 is 18.0 Å². The summed E-state index contributed by atoms with van der Waals surface area (Å²) in [5.41, 5.74) is 4.69. The molecule has 2 atom stereocenters. The number of fused-ring (bicyclic) bond motifs is 3. The minimum Gasteiger partial charge on any atom is -0.481 e. The Hall–Kier alpha value is -3.35. The highest BCUT2D eigenvalue weighted by Crippen LogP contribution is 2.44. The SMILES string of the molecule is O=C(O)C[C@H]1CCCC[C@H]1NC(=O)CCCNC(=O)OCC1c2ccccc2-c2ccccc21. The molecule has 2 aromatic rings. The lowest BCUT2D eigenvalue weighted by molar-refractivity contribution is -0.139. The second-order valence-electron chi connectivity index (χ2n) is 9.17. The molecule has 0 spiro atoms. The molecule has 2 aliphatic carbocycles. The van der Waals surface area contributed by atoms with Gasteiger partial charge in [0.15, 0.2) is 0 Å². The van der Waals surface area contributed by atoms with Crippen LogP contribution >= 0.6 is 0 Å². The van der Waals surface area contributed by atoms with E-state index in [9.17, 15) is 14.4 Å². The first-order valence-electron chi connectivity index (χ1n) is 12.1. The summed E-state index contributed by atoms with van der Waals surface area (Å²) in [4.78, 5) is 35.6. The van der Waals surface area contributed by atoms with Gasteiger partial charge >= 0.3 is 12.1 Å². The molecule has 1 fully saturated rings. The van der Waals surface area contributed by atoms with Crippen LogP contribution in [-0.4, -0.2) is 42.3 Å². The molecule has 0 heterocycles. The monoisotopic (exact) mass is 464 g/mol. The van der Waals surface area contributed by atoms with E-state index in [0.717, 1.165) is 36.8 Å². The van der Waals surface area contributed by atoms with Gasteiger partial charge < -0.3 is 20.5 Å². The first-order chi connectivity index (χ1) is 16.5. The largest absolute Gasteiger partial charge is 0.481 e. The van der Waals surface area contributed by atoms with E-state index < -0.39 is 12.1 Å². The molecule has 4 rings (SSSR count). The van der Waals surface area contributed by atoms with Gasteiger partial charge in [-0.1, -0.05) is 61.4 Å². The Kier molecular flexibility index (Phi) is 7.83. The molecule has 0 unspecified atom stereocenters. The molecule has 0 bridgehead atoms. The van der Waals surface area contributed by atoms with Gasteiger partial charge in [-0.25, -0.2) is 4.79 Å². The molecular formula is C27H32N2O5. The normalized spacial score (nSPS) is 19.1. The number of carbonyl (C=O) groups is 3. The van der Waals surface area contributed by atoms with Gasteiger partial charge in [-0.3, -0.25) is 9.59 Å². The minimum atomic E-state index is -0.821. The number of carboxylic acids is 1. The molecule has 1 saturated carbocycles. The van der Waals surface area contributed by atoms with E-state index in [4.69, 9.17) is 9.84 Å². The summed E-state index contributed by atoms with van der Waals surface area (Å²) in [6.07, 6.45) is 4.04. The fraction of sp³-hybridized carbons (Fsp3) is 0.444. The molecule has 0 aromatic heterocycles. The Morgan fingerprint density at radius 2 is 1.59 bits per heavy atom. The van der Waals surface area contributed by atoms with Crippen LogP contribution in [-0.2, 0) is 14.3 Å². The third kappa shape index (κ3) is 5.76. The second kappa shape index (κ2) is 11.2. The zero-order valence-corrected chi connectivity index (χ0v) is 19.3. The molecule has 0 saturated heterocycles. The fourth-order valence-corrected chi connectivity index (χ4v) is 5.23. The highest BCUT2D eigenvalue weighted by atomic mass is 16.5. The third-order valence-corrected chi connectivity index (χ3v) is 6.89. The first kappa shape index (κ1) is 23.8. The molecule has 0 radical (unpaired) electrons. The molecule has 34 heavy (non-hydrogen) atoms. The Bertz CT molecular complexity index is 992. The van der Waals surface area contributed by atoms with Gasteiger partial charge in [0, 0.05) is 24.9 Å². The van der Waals surface area contributed by atoms with Crippen LogP contribution in [0.15, 0.2) is 48.5 Å². The van der Waals surface area contributed by atoms with Crippen LogP contribution in [0.1, 0.15) is 62.0 Å². The van der Waals surface area contributed by atoms with E-state index in [-0.39, 0.29) is 43.2 Å². The maximum Gasteiger partial charge on any atom is 0.407 e. The van der Waals surface area contributed by atoms with Gasteiger partial charge in [-0.2, -0.15) is 0 Å². The van der Waals surface area contributed by atoms with E-state index in [0.29, 0.717) is 13.0 Å². The average molecular weight is 465 g/mol. The Morgan fingerprint density at radius 1 is 0.941 bits per heavy atom. The smallest absolute Gasteiger partial charge is 0.407 e. The molecule has 2 amide bonds. The van der Waals surface area contributed by atoms with Crippen molar-refractivity contribution in [1.82, 2.24) is 10.6 Å². The molecule has 2 aromatic carbocycles. The van der Waals surface area contributed by atoms with E-state index >= 15 is 0 Å². The van der Waals surface area contributed by atoms with E-state index in [1.807, 2.05) is 24.3 Å². The summed E-state index contributed by atoms with van der Waals surface area (Å²) < 4.78 is 5.51. The van der Waals surface area contributed by atoms with Crippen molar-refractivity contribution in [2.45, 2.75) is 56.9 Å². The van der Waals surface area contributed by atoms with Crippen molar-refractivity contribution in [2.24, 2.45) is 5.92 Å². The summed E-state index contributed by atoms with van der Waals surface area (Å²) in [6, 6.07) is 16.3. The zero-order valence-electron chi connectivity index (χ0n) is 19.3. The lowest BCUT2D eigenvalue weighted by Gasteiger charge is -2.31. The molecule has 7 nitrogen and oxygen atoms in total. The standard InChI is InChI=1S/C27H32N2O5/c30-25(29-24-13-6-1-8-18(24)16-26(31)32)14-7-15-28-27(33)34-17-23-21-11-4-2-9-19(21)20-10-3-5-12-22(20)23/h2-5,9-12,18,23-24H,1,6-8,13-17H2,(H,28,33)(H,29,30)(H,31,32)/t18-,24-/m1/s1. The van der Waals surface area contributed by atoms with Gasteiger partial charge in [0.1, 0.15) is 6.61 Å². The number of aliphatic carboxylic acids is 1. The number of ether oxygens (including phenoxy) is 1. The van der Waals surface area contributed by atoms with E-state index in [1.54, 1.807) is 0 Å². The summed E-state index contributed by atoms with van der Waals surface area (Å²) in [6.45, 7) is 0.598. The van der Waals surface area contributed by atoms with Gasteiger partial charge in [0.25, 0.3) is 0 Å². The molecule has 180 valence electrons. The maximum atomic E-state index is 12.3. The summed E-state index contributed by atoms with van der Waals surface area (Å²) >= 11 is 0. The Balaban J connectivity index is 1.18. The van der Waals surface area contributed by atoms with Crippen molar-refractivity contribution < 1.29 is 24.2 Å². The highest BCUT2D eigenvalue weighted by Gasteiger charge is 2.29. The number of hydrogen-bond donors (Lipinski definition) is 3. The number of carbonyl (C=O) groups excluding carboxylic acids is 2. The van der Waals surface area contributed by atoms with Crippen LogP contribution in [0.5, 0.6) is 0 Å². The van der Waals surface area contributed by atoms with Crippen molar-refractivity contribution in [1.29, 1.82) is 0 Å². The van der Waals surface area contributed by atoms with Crippen LogP contribution in [0.4, 0.5) is 4.79 Å². The van der Waals surface area contributed by atoms with Crippen molar-refractivity contribution in [3.63, 3.8) is 0 Å². The van der Waals surface area contributed by atoms with Crippen molar-refractivity contribution in [3.8, 4) is 11.1 Å². The van der Waals surface area contributed by atoms with Crippen molar-refractivity contribution in [2.75, 3.05) is 13.2 Å². The number of nitrogens with one attached hydrogen (secondary N) is 2. The predicted molar refractivity (Wildman–Crippen MR) is 128 cm³/mol. The Morgan fingerprint density at radius 3 is 2.26 bits per heavy atom. The zero-order chi connectivity index (χ0) is 23.9. The van der Waals surface area contributed by atoms with Crippen LogP contribution in [0.25, 0.3) is 11.1 Å². The highest BCUT2D eigenvalue weighted by molar-refractivity contribution is 5.79. The minimum absolute atomic E-state index is 0.00542. The van der Waals surface area contributed by atoms with Crippen LogP contribution in [0, 0.1) is 5.92 Å². The molecule has 2 aliphatic rings. The average Bonchev–Trinajstić information content (AvgIpc) is 3.15. The number of rotatable bonds is 9. The van der Waals surface area contributed by atoms with Crippen LogP contribution in [0.3, 0.4) is 0 Å². The number of carboxylic acid groups (broad SMARTS) is 1. The van der Waals surface area contributed by atoms with Gasteiger partial charge in [0.05, 0.1) is 6.42 Å². The summed E-state index contributed by atoms with van der Waals surface area (Å²) in [7, 11) is 0. The Labute approximate surface area is 199 Å².